The average Bonchev–Trinajstić information content (AvgIpc) is 2.35. The molecule has 0 radical (unpaired) electrons. The summed E-state index contributed by atoms with van der Waals surface area (Å²) in [7, 11) is 1.30. The van der Waals surface area contributed by atoms with Crippen molar-refractivity contribution in [2.75, 3.05) is 25.1 Å². The lowest BCUT2D eigenvalue weighted by Crippen LogP contribution is -2.43. The third-order valence-corrected chi connectivity index (χ3v) is 2.49. The summed E-state index contributed by atoms with van der Waals surface area (Å²) in [6, 6.07) is 5.36. The molecule has 2 N–H and O–H groups in total. The quantitative estimate of drug-likeness (QED) is 0.784. The second-order valence-electron chi connectivity index (χ2n) is 3.64. The third-order valence-electron chi connectivity index (χ3n) is 2.49. The van der Waals surface area contributed by atoms with E-state index in [1.54, 1.807) is 12.1 Å². The van der Waals surface area contributed by atoms with E-state index in [4.69, 9.17) is 5.73 Å². The van der Waals surface area contributed by atoms with Gasteiger partial charge in [-0.25, -0.2) is 4.39 Å². The number of nitrogens with two attached hydrogens (primary N) is 1. The molecule has 4 nitrogen and oxygen atoms in total. The van der Waals surface area contributed by atoms with E-state index in [9.17, 15) is 9.18 Å². The van der Waals surface area contributed by atoms with Crippen LogP contribution >= 0.6 is 0 Å². The van der Waals surface area contributed by atoms with Crippen LogP contribution in [0.3, 0.4) is 0 Å². The lowest BCUT2D eigenvalue weighted by molar-refractivity contribution is -0.141. The monoisotopic (exact) mass is 240 g/mol. The Morgan fingerprint density at radius 1 is 1.47 bits per heavy atom. The van der Waals surface area contributed by atoms with Gasteiger partial charge in [0.15, 0.2) is 0 Å². The number of hydrogen-bond acceptors (Lipinski definition) is 4. The fourth-order valence-corrected chi connectivity index (χ4v) is 1.53. The number of rotatable bonds is 5. The molecule has 1 atom stereocenters. The van der Waals surface area contributed by atoms with Crippen LogP contribution in [0.1, 0.15) is 6.92 Å². The van der Waals surface area contributed by atoms with Crippen LogP contribution < -0.4 is 10.6 Å². The maximum atomic E-state index is 12.8. The van der Waals surface area contributed by atoms with E-state index in [0.717, 1.165) is 5.69 Å². The Morgan fingerprint density at radius 3 is 2.53 bits per heavy atom. The normalized spacial score (nSPS) is 12.0. The number of anilines is 1. The molecule has 0 bridgehead atoms. The van der Waals surface area contributed by atoms with Crippen LogP contribution in [0.4, 0.5) is 10.1 Å². The van der Waals surface area contributed by atoms with Gasteiger partial charge in [0.2, 0.25) is 0 Å². The minimum absolute atomic E-state index is 0.290. The zero-order valence-electron chi connectivity index (χ0n) is 10.0. The molecule has 0 aliphatic heterocycles. The summed E-state index contributed by atoms with van der Waals surface area (Å²) >= 11 is 0. The number of methoxy groups -OCH3 is 1. The van der Waals surface area contributed by atoms with Crippen molar-refractivity contribution in [3.8, 4) is 0 Å². The Labute approximate surface area is 100 Å². The molecule has 0 saturated heterocycles. The van der Waals surface area contributed by atoms with E-state index in [1.165, 1.54) is 19.2 Å². The van der Waals surface area contributed by atoms with Crippen molar-refractivity contribution in [2.45, 2.75) is 13.0 Å². The summed E-state index contributed by atoms with van der Waals surface area (Å²) in [5.74, 6) is -0.743. The number of nitrogens with zero attached hydrogens (tertiary/aromatic N) is 1. The number of halogens is 1. The molecular weight excluding hydrogens is 223 g/mol. The van der Waals surface area contributed by atoms with Gasteiger partial charge in [-0.3, -0.25) is 4.79 Å². The van der Waals surface area contributed by atoms with Gasteiger partial charge in [0.05, 0.1) is 7.11 Å². The highest BCUT2D eigenvalue weighted by Crippen LogP contribution is 2.14. The van der Waals surface area contributed by atoms with Gasteiger partial charge in [0, 0.05) is 18.8 Å². The number of benzene rings is 1. The summed E-state index contributed by atoms with van der Waals surface area (Å²) in [5.41, 5.74) is 6.51. The highest BCUT2D eigenvalue weighted by Gasteiger charge is 2.17. The van der Waals surface area contributed by atoms with Gasteiger partial charge in [-0.15, -0.1) is 0 Å². The third kappa shape index (κ3) is 3.71. The van der Waals surface area contributed by atoms with Crippen LogP contribution in [0.2, 0.25) is 0 Å². The molecule has 94 valence electrons. The van der Waals surface area contributed by atoms with Crippen LogP contribution in [0.5, 0.6) is 0 Å². The van der Waals surface area contributed by atoms with Gasteiger partial charge in [-0.05, 0) is 31.2 Å². The number of esters is 1. The number of ether oxygens (including phenoxy) is 1. The van der Waals surface area contributed by atoms with E-state index in [0.29, 0.717) is 13.1 Å². The number of carbonyl (C=O) groups is 1. The van der Waals surface area contributed by atoms with Crippen LogP contribution in [-0.4, -0.2) is 32.2 Å². The Hall–Kier alpha value is -1.62. The van der Waals surface area contributed by atoms with Crippen molar-refractivity contribution in [1.82, 2.24) is 0 Å². The fourth-order valence-electron chi connectivity index (χ4n) is 1.53. The highest BCUT2D eigenvalue weighted by molar-refractivity contribution is 5.76. The molecule has 17 heavy (non-hydrogen) atoms. The number of hydrogen-bond donors (Lipinski definition) is 1. The molecule has 0 saturated carbocycles. The van der Waals surface area contributed by atoms with Gasteiger partial charge in [-0.1, -0.05) is 0 Å². The molecule has 1 aromatic carbocycles. The first-order valence-electron chi connectivity index (χ1n) is 5.42. The Kier molecular flexibility index (Phi) is 4.90. The maximum absolute atomic E-state index is 12.8. The van der Waals surface area contributed by atoms with Crippen molar-refractivity contribution in [3.63, 3.8) is 0 Å². The summed E-state index contributed by atoms with van der Waals surface area (Å²) in [6.45, 7) is 2.96. The Balaban J connectivity index is 2.71. The summed E-state index contributed by atoms with van der Waals surface area (Å²) < 4.78 is 17.3. The van der Waals surface area contributed by atoms with Gasteiger partial charge in [-0.2, -0.15) is 0 Å². The second kappa shape index (κ2) is 6.20. The predicted octanol–water partition coefficient (Wildman–Crippen LogP) is 1.15. The Bertz CT molecular complexity index is 367. The molecule has 0 heterocycles. The minimum atomic E-state index is -0.704. The van der Waals surface area contributed by atoms with Gasteiger partial charge >= 0.3 is 5.97 Å². The largest absolute Gasteiger partial charge is 0.468 e. The van der Waals surface area contributed by atoms with E-state index < -0.39 is 12.0 Å². The van der Waals surface area contributed by atoms with Crippen molar-refractivity contribution in [3.05, 3.63) is 30.1 Å². The average molecular weight is 240 g/mol. The van der Waals surface area contributed by atoms with Crippen LogP contribution in [0.25, 0.3) is 0 Å². The second-order valence-corrected chi connectivity index (χ2v) is 3.64. The number of likely N-dealkylation sites (N-methyl/N-ethyl adjacent to an activating group) is 1. The molecule has 1 aromatic rings. The zero-order chi connectivity index (χ0) is 12.8. The highest BCUT2D eigenvalue weighted by atomic mass is 19.1. The number of carbonyl (C=O) groups excluding carboxylic acids is 1. The van der Waals surface area contributed by atoms with Crippen LogP contribution in [-0.2, 0) is 9.53 Å². The Morgan fingerprint density at radius 2 is 2.06 bits per heavy atom. The lowest BCUT2D eigenvalue weighted by Gasteiger charge is -2.25. The van der Waals surface area contributed by atoms with Crippen molar-refractivity contribution < 1.29 is 13.9 Å². The summed E-state index contributed by atoms with van der Waals surface area (Å²) in [5, 5.41) is 0. The topological polar surface area (TPSA) is 55.6 Å². The lowest BCUT2D eigenvalue weighted by atomic mass is 10.2. The molecule has 0 aliphatic rings. The first-order chi connectivity index (χ1) is 8.08. The summed E-state index contributed by atoms with van der Waals surface area (Å²) in [4.78, 5) is 13.1. The first kappa shape index (κ1) is 13.4. The van der Waals surface area contributed by atoms with Crippen LogP contribution in [0.15, 0.2) is 24.3 Å². The standard InChI is InChI=1S/C12H17FN2O2/c1-3-15(8-11(14)12(16)17-2)10-6-4-9(13)5-7-10/h4-7,11H,3,8,14H2,1-2H3. The van der Waals surface area contributed by atoms with E-state index >= 15 is 0 Å². The molecule has 1 rings (SSSR count). The fraction of sp³-hybridized carbons (Fsp3) is 0.417. The molecule has 5 heteroatoms. The molecule has 0 aliphatic carbocycles. The van der Waals surface area contributed by atoms with Gasteiger partial charge in [0.1, 0.15) is 11.9 Å². The molecular formula is C12H17FN2O2. The van der Waals surface area contributed by atoms with Crippen molar-refractivity contribution in [2.24, 2.45) is 5.73 Å². The smallest absolute Gasteiger partial charge is 0.324 e. The van der Waals surface area contributed by atoms with Gasteiger partial charge < -0.3 is 15.4 Å². The molecule has 0 spiro atoms. The minimum Gasteiger partial charge on any atom is -0.468 e. The van der Waals surface area contributed by atoms with E-state index in [2.05, 4.69) is 4.74 Å². The SMILES string of the molecule is CCN(CC(N)C(=O)OC)c1ccc(F)cc1. The van der Waals surface area contributed by atoms with Crippen molar-refractivity contribution >= 4 is 11.7 Å². The molecule has 0 amide bonds. The maximum Gasteiger partial charge on any atom is 0.324 e. The predicted molar refractivity (Wildman–Crippen MR) is 64.3 cm³/mol. The van der Waals surface area contributed by atoms with Gasteiger partial charge in [0.25, 0.3) is 0 Å². The first-order valence-corrected chi connectivity index (χ1v) is 5.42. The molecule has 0 aromatic heterocycles. The summed E-state index contributed by atoms with van der Waals surface area (Å²) in [6.07, 6.45) is 0. The van der Waals surface area contributed by atoms with E-state index in [1.807, 2.05) is 11.8 Å². The molecule has 1 unspecified atom stereocenters. The van der Waals surface area contributed by atoms with Crippen molar-refractivity contribution in [1.29, 1.82) is 0 Å². The zero-order valence-corrected chi connectivity index (χ0v) is 10.0. The van der Waals surface area contributed by atoms with E-state index in [-0.39, 0.29) is 5.82 Å². The molecule has 0 fully saturated rings. The van der Waals surface area contributed by atoms with Crippen LogP contribution in [0, 0.1) is 5.82 Å².